The molecule has 158 valence electrons. The largest absolute Gasteiger partial charge is 0.508 e. The number of nitrogens with zero attached hydrogens (tertiary/aromatic N) is 1. The lowest BCUT2D eigenvalue weighted by Crippen LogP contribution is -2.46. The van der Waals surface area contributed by atoms with Gasteiger partial charge in [-0.25, -0.2) is 0 Å². The molecule has 1 aliphatic carbocycles. The van der Waals surface area contributed by atoms with Crippen molar-refractivity contribution in [1.29, 1.82) is 0 Å². The number of amides is 1. The van der Waals surface area contributed by atoms with Gasteiger partial charge in [-0.2, -0.15) is 0 Å². The number of aromatic hydroxyl groups is 1. The number of fused-ring (bicyclic) bond motifs is 1. The van der Waals surface area contributed by atoms with Gasteiger partial charge in [0.25, 0.3) is 0 Å². The molecule has 1 saturated heterocycles. The summed E-state index contributed by atoms with van der Waals surface area (Å²) in [5, 5.41) is 16.4. The summed E-state index contributed by atoms with van der Waals surface area (Å²) in [7, 11) is 0. The maximum atomic E-state index is 12.5. The molecular formula is C25H31N3O2. The number of rotatable bonds is 7. The molecule has 1 aliphatic heterocycles. The van der Waals surface area contributed by atoms with Gasteiger partial charge in [-0.3, -0.25) is 9.69 Å². The lowest BCUT2D eigenvalue weighted by molar-refractivity contribution is -0.117. The number of phenols is 1. The van der Waals surface area contributed by atoms with Crippen molar-refractivity contribution < 1.29 is 9.90 Å². The van der Waals surface area contributed by atoms with Gasteiger partial charge in [-0.05, 0) is 67.1 Å². The average Bonchev–Trinajstić information content (AvgIpc) is 2.78. The SMILES string of the molecule is O=C(NCCCCN1CCNCC1c1cccc(O)c1)C1=Cc2ccccc2CC1. The van der Waals surface area contributed by atoms with E-state index in [0.717, 1.165) is 63.0 Å². The molecule has 1 fully saturated rings. The molecule has 1 unspecified atom stereocenters. The van der Waals surface area contributed by atoms with Gasteiger partial charge in [0.1, 0.15) is 5.75 Å². The number of hydrogen-bond acceptors (Lipinski definition) is 4. The van der Waals surface area contributed by atoms with Gasteiger partial charge < -0.3 is 15.7 Å². The van der Waals surface area contributed by atoms with Crippen molar-refractivity contribution in [3.8, 4) is 5.75 Å². The van der Waals surface area contributed by atoms with Gasteiger partial charge in [-0.15, -0.1) is 0 Å². The summed E-state index contributed by atoms with van der Waals surface area (Å²) in [6.45, 7) is 4.59. The Kier molecular flexibility index (Phi) is 6.82. The number of aryl methyl sites for hydroxylation is 1. The van der Waals surface area contributed by atoms with Crippen LogP contribution in [-0.2, 0) is 11.2 Å². The molecule has 1 atom stereocenters. The third-order valence-electron chi connectivity index (χ3n) is 6.11. The fraction of sp³-hybridized carbons (Fsp3) is 0.400. The van der Waals surface area contributed by atoms with E-state index < -0.39 is 0 Å². The van der Waals surface area contributed by atoms with Crippen LogP contribution in [0.15, 0.2) is 54.1 Å². The van der Waals surface area contributed by atoms with Crippen molar-refractivity contribution in [2.45, 2.75) is 31.7 Å². The molecule has 0 saturated carbocycles. The van der Waals surface area contributed by atoms with E-state index >= 15 is 0 Å². The van der Waals surface area contributed by atoms with E-state index in [9.17, 15) is 9.90 Å². The summed E-state index contributed by atoms with van der Waals surface area (Å²) in [6, 6.07) is 16.2. The van der Waals surface area contributed by atoms with Crippen LogP contribution in [0.4, 0.5) is 0 Å². The number of carbonyl (C=O) groups excluding carboxylic acids is 1. The molecule has 3 N–H and O–H groups in total. The van der Waals surface area contributed by atoms with Gasteiger partial charge in [0, 0.05) is 37.8 Å². The van der Waals surface area contributed by atoms with E-state index in [0.29, 0.717) is 12.3 Å². The van der Waals surface area contributed by atoms with Crippen LogP contribution in [-0.4, -0.2) is 48.6 Å². The number of piperazine rings is 1. The smallest absolute Gasteiger partial charge is 0.247 e. The van der Waals surface area contributed by atoms with E-state index in [1.54, 1.807) is 6.07 Å². The molecule has 5 nitrogen and oxygen atoms in total. The molecule has 2 aromatic carbocycles. The summed E-state index contributed by atoms with van der Waals surface area (Å²) in [5.74, 6) is 0.393. The van der Waals surface area contributed by atoms with Gasteiger partial charge in [0.2, 0.25) is 5.91 Å². The summed E-state index contributed by atoms with van der Waals surface area (Å²) in [5.41, 5.74) is 4.54. The summed E-state index contributed by atoms with van der Waals surface area (Å²) < 4.78 is 0. The van der Waals surface area contributed by atoms with Gasteiger partial charge in [0.15, 0.2) is 0 Å². The number of nitrogens with one attached hydrogen (secondary N) is 2. The zero-order valence-corrected chi connectivity index (χ0v) is 17.4. The molecular weight excluding hydrogens is 374 g/mol. The van der Waals surface area contributed by atoms with Crippen molar-refractivity contribution in [2.75, 3.05) is 32.7 Å². The molecule has 1 heterocycles. The fourth-order valence-corrected chi connectivity index (χ4v) is 4.44. The molecule has 0 spiro atoms. The van der Waals surface area contributed by atoms with Crippen molar-refractivity contribution in [2.24, 2.45) is 0 Å². The van der Waals surface area contributed by atoms with E-state index in [2.05, 4.69) is 39.8 Å². The molecule has 2 aliphatic rings. The first-order chi connectivity index (χ1) is 14.7. The monoisotopic (exact) mass is 405 g/mol. The number of benzene rings is 2. The predicted octanol–water partition coefficient (Wildman–Crippen LogP) is 3.26. The van der Waals surface area contributed by atoms with Crippen LogP contribution in [0.25, 0.3) is 6.08 Å². The van der Waals surface area contributed by atoms with Crippen molar-refractivity contribution in [3.63, 3.8) is 0 Å². The number of unbranched alkanes of at least 4 members (excludes halogenated alkanes) is 1. The third kappa shape index (κ3) is 5.10. The van der Waals surface area contributed by atoms with E-state index in [1.165, 1.54) is 11.1 Å². The van der Waals surface area contributed by atoms with E-state index in [-0.39, 0.29) is 11.9 Å². The molecule has 30 heavy (non-hydrogen) atoms. The minimum Gasteiger partial charge on any atom is -0.508 e. The molecule has 0 bridgehead atoms. The van der Waals surface area contributed by atoms with Crippen LogP contribution in [0, 0.1) is 0 Å². The Hall–Kier alpha value is -2.63. The molecule has 1 amide bonds. The van der Waals surface area contributed by atoms with Crippen LogP contribution in [0.5, 0.6) is 5.75 Å². The van der Waals surface area contributed by atoms with Crippen molar-refractivity contribution >= 4 is 12.0 Å². The van der Waals surface area contributed by atoms with Crippen molar-refractivity contribution in [3.05, 3.63) is 70.8 Å². The Balaban J connectivity index is 1.23. The van der Waals surface area contributed by atoms with Crippen LogP contribution >= 0.6 is 0 Å². The molecule has 0 aromatic heterocycles. The average molecular weight is 406 g/mol. The normalized spacial score (nSPS) is 19.1. The third-order valence-corrected chi connectivity index (χ3v) is 6.11. The highest BCUT2D eigenvalue weighted by molar-refractivity contribution is 5.98. The van der Waals surface area contributed by atoms with Gasteiger partial charge in [0.05, 0.1) is 0 Å². The highest BCUT2D eigenvalue weighted by Crippen LogP contribution is 2.26. The standard InChI is InChI=1S/C25H31N3O2/c29-23-9-5-8-21(17-23)24-18-26-13-15-28(24)14-4-3-12-27-25(30)22-11-10-19-6-1-2-7-20(19)16-22/h1-2,5-9,16-17,24,26,29H,3-4,10-15,18H2,(H,27,30). The minimum atomic E-state index is 0.0734. The summed E-state index contributed by atoms with van der Waals surface area (Å²) in [4.78, 5) is 15.0. The second kappa shape index (κ2) is 9.92. The lowest BCUT2D eigenvalue weighted by Gasteiger charge is -2.36. The van der Waals surface area contributed by atoms with Crippen molar-refractivity contribution in [1.82, 2.24) is 15.5 Å². The Bertz CT molecular complexity index is 909. The fourth-order valence-electron chi connectivity index (χ4n) is 4.44. The lowest BCUT2D eigenvalue weighted by atomic mass is 9.92. The predicted molar refractivity (Wildman–Crippen MR) is 120 cm³/mol. The number of hydrogen-bond donors (Lipinski definition) is 3. The highest BCUT2D eigenvalue weighted by Gasteiger charge is 2.23. The Morgan fingerprint density at radius 2 is 2.03 bits per heavy atom. The summed E-state index contributed by atoms with van der Waals surface area (Å²) in [6.07, 6.45) is 5.79. The quantitative estimate of drug-likeness (QED) is 0.619. The second-order valence-corrected chi connectivity index (χ2v) is 8.18. The topological polar surface area (TPSA) is 64.6 Å². The van der Waals surface area contributed by atoms with Crippen LogP contribution in [0.1, 0.15) is 42.0 Å². The Morgan fingerprint density at radius 1 is 1.13 bits per heavy atom. The number of carbonyl (C=O) groups is 1. The molecule has 2 aromatic rings. The molecule has 5 heteroatoms. The van der Waals surface area contributed by atoms with E-state index in [1.807, 2.05) is 24.3 Å². The van der Waals surface area contributed by atoms with Crippen LogP contribution in [0.3, 0.4) is 0 Å². The van der Waals surface area contributed by atoms with Crippen LogP contribution in [0.2, 0.25) is 0 Å². The number of phenolic OH excluding ortho intramolecular Hbond substituents is 1. The zero-order chi connectivity index (χ0) is 20.8. The Morgan fingerprint density at radius 3 is 2.93 bits per heavy atom. The maximum Gasteiger partial charge on any atom is 0.247 e. The van der Waals surface area contributed by atoms with Gasteiger partial charge >= 0.3 is 0 Å². The molecule has 4 rings (SSSR count). The summed E-state index contributed by atoms with van der Waals surface area (Å²) >= 11 is 0. The second-order valence-electron chi connectivity index (χ2n) is 8.18. The zero-order valence-electron chi connectivity index (χ0n) is 17.4. The first-order valence-corrected chi connectivity index (χ1v) is 11.0. The first kappa shape index (κ1) is 20.6. The van der Waals surface area contributed by atoms with Crippen LogP contribution < -0.4 is 10.6 Å². The minimum absolute atomic E-state index is 0.0734. The maximum absolute atomic E-state index is 12.5. The first-order valence-electron chi connectivity index (χ1n) is 11.0. The van der Waals surface area contributed by atoms with E-state index in [4.69, 9.17) is 0 Å². The Labute approximate surface area is 178 Å². The molecule has 0 radical (unpaired) electrons. The van der Waals surface area contributed by atoms with Gasteiger partial charge in [-0.1, -0.05) is 36.4 Å². The highest BCUT2D eigenvalue weighted by atomic mass is 16.3.